The first kappa shape index (κ1) is 8.24. The molecule has 1 radical (unpaired) electrons. The second-order valence-electron chi connectivity index (χ2n) is 3.29. The fourth-order valence-corrected chi connectivity index (χ4v) is 1.52. The molecular weight excluding hydrogens is 186 g/mol. The third-order valence-corrected chi connectivity index (χ3v) is 2.27. The lowest BCUT2D eigenvalue weighted by Gasteiger charge is -2.06. The maximum Gasteiger partial charge on any atom is 0.153 e. The van der Waals surface area contributed by atoms with Crippen LogP contribution in [0.5, 0.6) is 11.5 Å². The number of hydrogen-bond acceptors (Lipinski definition) is 2. The maximum absolute atomic E-state index is 5.75. The summed E-state index contributed by atoms with van der Waals surface area (Å²) in [6.07, 6.45) is 2.98. The van der Waals surface area contributed by atoms with Gasteiger partial charge < -0.3 is 4.74 Å². The fraction of sp³-hybridized carbons (Fsp3) is 0. The Morgan fingerprint density at radius 2 is 1.60 bits per heavy atom. The minimum Gasteiger partial charge on any atom is -0.454 e. The van der Waals surface area contributed by atoms with Crippen molar-refractivity contribution in [3.8, 4) is 11.5 Å². The van der Waals surface area contributed by atoms with Crippen LogP contribution in [0.1, 0.15) is 5.56 Å². The predicted molar refractivity (Wildman–Crippen MR) is 59.2 cm³/mol. The van der Waals surface area contributed by atoms with Crippen LogP contribution in [0.25, 0.3) is 0 Å². The number of hydrogen-bond donors (Lipinski definition) is 0. The molecule has 0 fully saturated rings. The molecule has 71 valence electrons. The fourth-order valence-electron chi connectivity index (χ4n) is 1.52. The molecule has 1 aliphatic heterocycles. The highest BCUT2D eigenvalue weighted by Crippen LogP contribution is 2.35. The van der Waals surface area contributed by atoms with Gasteiger partial charge in [0.2, 0.25) is 0 Å². The highest BCUT2D eigenvalue weighted by molar-refractivity contribution is 5.87. The summed E-state index contributed by atoms with van der Waals surface area (Å²) in [5.74, 6) is 1.57. The molecule has 0 saturated carbocycles. The number of benzene rings is 2. The SMILES string of the molecule is [C]1=Nc2ccccc2Oc2ccccc21. The third-order valence-electron chi connectivity index (χ3n) is 2.27. The molecule has 0 aromatic heterocycles. The summed E-state index contributed by atoms with van der Waals surface area (Å²) in [5.41, 5.74) is 1.70. The summed E-state index contributed by atoms with van der Waals surface area (Å²) in [6, 6.07) is 15.4. The lowest BCUT2D eigenvalue weighted by Crippen LogP contribution is -1.86. The van der Waals surface area contributed by atoms with Gasteiger partial charge in [-0.3, -0.25) is 0 Å². The van der Waals surface area contributed by atoms with E-state index in [0.29, 0.717) is 0 Å². The Morgan fingerprint density at radius 3 is 2.53 bits per heavy atom. The van der Waals surface area contributed by atoms with Gasteiger partial charge in [0.05, 0.1) is 0 Å². The van der Waals surface area contributed by atoms with Gasteiger partial charge in [0.15, 0.2) is 5.75 Å². The van der Waals surface area contributed by atoms with Crippen LogP contribution in [0, 0.1) is 0 Å². The van der Waals surface area contributed by atoms with E-state index >= 15 is 0 Å². The second-order valence-corrected chi connectivity index (χ2v) is 3.29. The van der Waals surface area contributed by atoms with Crippen molar-refractivity contribution in [2.75, 3.05) is 0 Å². The molecule has 0 amide bonds. The second kappa shape index (κ2) is 3.24. The van der Waals surface area contributed by atoms with E-state index in [0.717, 1.165) is 22.7 Å². The zero-order valence-electron chi connectivity index (χ0n) is 7.97. The summed E-state index contributed by atoms with van der Waals surface area (Å²) in [7, 11) is 0. The van der Waals surface area contributed by atoms with Crippen LogP contribution in [-0.2, 0) is 0 Å². The summed E-state index contributed by atoms with van der Waals surface area (Å²) < 4.78 is 5.75. The number of nitrogens with zero attached hydrogens (tertiary/aromatic N) is 1. The molecule has 2 aromatic rings. The summed E-state index contributed by atoms with van der Waals surface area (Å²) in [5, 5.41) is 0. The van der Waals surface area contributed by atoms with Crippen LogP contribution < -0.4 is 4.74 Å². The first-order chi connectivity index (χ1) is 7.43. The van der Waals surface area contributed by atoms with Crippen molar-refractivity contribution in [1.82, 2.24) is 0 Å². The van der Waals surface area contributed by atoms with E-state index in [-0.39, 0.29) is 0 Å². The molecule has 0 atom stereocenters. The van der Waals surface area contributed by atoms with Gasteiger partial charge in [-0.05, 0) is 24.3 Å². The monoisotopic (exact) mass is 194 g/mol. The smallest absolute Gasteiger partial charge is 0.153 e. The molecular formula is C13H8NO. The number of rotatable bonds is 0. The number of ether oxygens (including phenoxy) is 1. The van der Waals surface area contributed by atoms with Crippen molar-refractivity contribution in [2.24, 2.45) is 4.99 Å². The Labute approximate surface area is 87.9 Å². The zero-order valence-corrected chi connectivity index (χ0v) is 7.97. The standard InChI is InChI=1S/C13H8NO/c1-3-7-12-10(5-1)9-14-11-6-2-4-8-13(11)15-12/h1-8H. The van der Waals surface area contributed by atoms with E-state index in [1.807, 2.05) is 48.5 Å². The molecule has 1 aliphatic rings. The topological polar surface area (TPSA) is 21.6 Å². The molecule has 2 heteroatoms. The Morgan fingerprint density at radius 1 is 0.867 bits per heavy atom. The van der Waals surface area contributed by atoms with Gasteiger partial charge in [0, 0.05) is 5.56 Å². The molecule has 1 heterocycles. The Bertz CT molecular complexity index is 484. The van der Waals surface area contributed by atoms with Crippen molar-refractivity contribution in [3.63, 3.8) is 0 Å². The van der Waals surface area contributed by atoms with Crippen molar-refractivity contribution >= 4 is 11.9 Å². The minimum atomic E-state index is 0.773. The van der Waals surface area contributed by atoms with Crippen LogP contribution >= 0.6 is 0 Å². The van der Waals surface area contributed by atoms with Gasteiger partial charge in [0.25, 0.3) is 0 Å². The van der Waals surface area contributed by atoms with E-state index in [9.17, 15) is 0 Å². The zero-order chi connectivity index (χ0) is 10.1. The van der Waals surface area contributed by atoms with Crippen molar-refractivity contribution in [2.45, 2.75) is 0 Å². The van der Waals surface area contributed by atoms with E-state index in [2.05, 4.69) is 11.2 Å². The molecule has 15 heavy (non-hydrogen) atoms. The average molecular weight is 194 g/mol. The average Bonchev–Trinajstić information content (AvgIpc) is 2.48. The van der Waals surface area contributed by atoms with Crippen LogP contribution in [0.3, 0.4) is 0 Å². The first-order valence-corrected chi connectivity index (χ1v) is 4.76. The molecule has 0 saturated heterocycles. The third kappa shape index (κ3) is 1.40. The lowest BCUT2D eigenvalue weighted by atomic mass is 10.2. The maximum atomic E-state index is 5.75. The Balaban J connectivity index is 2.19. The molecule has 3 rings (SSSR count). The lowest BCUT2D eigenvalue weighted by molar-refractivity contribution is 0.485. The van der Waals surface area contributed by atoms with Gasteiger partial charge >= 0.3 is 0 Å². The molecule has 2 aromatic carbocycles. The van der Waals surface area contributed by atoms with Gasteiger partial charge in [0.1, 0.15) is 17.7 Å². The molecule has 2 nitrogen and oxygen atoms in total. The normalized spacial score (nSPS) is 12.3. The molecule has 0 spiro atoms. The predicted octanol–water partition coefficient (Wildman–Crippen LogP) is 3.42. The van der Waals surface area contributed by atoms with Crippen molar-refractivity contribution in [1.29, 1.82) is 0 Å². The van der Waals surface area contributed by atoms with Gasteiger partial charge in [-0.1, -0.05) is 24.3 Å². The summed E-state index contributed by atoms with van der Waals surface area (Å²) in [6.45, 7) is 0. The minimum absolute atomic E-state index is 0.773. The van der Waals surface area contributed by atoms with Gasteiger partial charge in [-0.15, -0.1) is 0 Å². The van der Waals surface area contributed by atoms with Gasteiger partial charge in [-0.25, -0.2) is 4.99 Å². The first-order valence-electron chi connectivity index (χ1n) is 4.76. The highest BCUT2D eigenvalue weighted by atomic mass is 16.5. The quantitative estimate of drug-likeness (QED) is 0.537. The number of para-hydroxylation sites is 3. The number of aliphatic imine (C=N–C) groups is 1. The van der Waals surface area contributed by atoms with Crippen LogP contribution in [-0.4, -0.2) is 6.21 Å². The van der Waals surface area contributed by atoms with E-state index in [4.69, 9.17) is 4.74 Å². The highest BCUT2D eigenvalue weighted by Gasteiger charge is 2.09. The molecule has 0 aliphatic carbocycles. The van der Waals surface area contributed by atoms with Gasteiger partial charge in [-0.2, -0.15) is 0 Å². The Hall–Kier alpha value is -2.09. The Kier molecular flexibility index (Phi) is 1.78. The van der Waals surface area contributed by atoms with E-state index in [1.54, 1.807) is 0 Å². The van der Waals surface area contributed by atoms with Crippen LogP contribution in [0.15, 0.2) is 53.5 Å². The van der Waals surface area contributed by atoms with Crippen molar-refractivity contribution in [3.05, 3.63) is 54.1 Å². The summed E-state index contributed by atoms with van der Waals surface area (Å²) in [4.78, 5) is 4.25. The van der Waals surface area contributed by atoms with Crippen LogP contribution in [0.4, 0.5) is 5.69 Å². The summed E-state index contributed by atoms with van der Waals surface area (Å²) >= 11 is 0. The molecule has 0 N–H and O–H groups in total. The molecule has 0 unspecified atom stereocenters. The van der Waals surface area contributed by atoms with E-state index < -0.39 is 0 Å². The van der Waals surface area contributed by atoms with Crippen LogP contribution in [0.2, 0.25) is 0 Å². The molecule has 0 bridgehead atoms. The number of fused-ring (bicyclic) bond motifs is 2. The largest absolute Gasteiger partial charge is 0.454 e. The van der Waals surface area contributed by atoms with E-state index in [1.165, 1.54) is 0 Å². The van der Waals surface area contributed by atoms with Crippen molar-refractivity contribution < 1.29 is 4.74 Å².